The van der Waals surface area contributed by atoms with Crippen molar-refractivity contribution < 1.29 is 14.3 Å². The Morgan fingerprint density at radius 1 is 1.04 bits per heavy atom. The van der Waals surface area contributed by atoms with Gasteiger partial charge in [0.15, 0.2) is 6.10 Å². The van der Waals surface area contributed by atoms with E-state index in [1.165, 1.54) is 25.1 Å². The number of aryl methyl sites for hydroxylation is 2. The lowest BCUT2D eigenvalue weighted by Crippen LogP contribution is -2.30. The van der Waals surface area contributed by atoms with Gasteiger partial charge in [-0.25, -0.2) is 4.79 Å². The van der Waals surface area contributed by atoms with Crippen LogP contribution in [0.15, 0.2) is 36.4 Å². The van der Waals surface area contributed by atoms with Crippen LogP contribution in [0.5, 0.6) is 0 Å². The van der Waals surface area contributed by atoms with Gasteiger partial charge in [0.2, 0.25) is 0 Å². The summed E-state index contributed by atoms with van der Waals surface area (Å²) in [6.07, 6.45) is -0.953. The molecule has 1 amide bonds. The third-order valence-electron chi connectivity index (χ3n) is 3.54. The van der Waals surface area contributed by atoms with Crippen molar-refractivity contribution in [1.29, 1.82) is 0 Å². The summed E-state index contributed by atoms with van der Waals surface area (Å²) in [7, 11) is 0. The largest absolute Gasteiger partial charge is 0.449 e. The molecule has 4 nitrogen and oxygen atoms in total. The van der Waals surface area contributed by atoms with Crippen LogP contribution in [0, 0.1) is 13.8 Å². The molecule has 126 valence electrons. The van der Waals surface area contributed by atoms with Crippen LogP contribution < -0.4 is 5.32 Å². The molecule has 24 heavy (non-hydrogen) atoms. The van der Waals surface area contributed by atoms with Gasteiger partial charge in [0.05, 0.1) is 15.6 Å². The number of hydrogen-bond acceptors (Lipinski definition) is 3. The lowest BCUT2D eigenvalue weighted by molar-refractivity contribution is -0.123. The van der Waals surface area contributed by atoms with Crippen molar-refractivity contribution in [2.24, 2.45) is 0 Å². The summed E-state index contributed by atoms with van der Waals surface area (Å²) in [5, 5.41) is 3.38. The number of hydrogen-bond donors (Lipinski definition) is 1. The van der Waals surface area contributed by atoms with Gasteiger partial charge in [-0.05, 0) is 50.1 Å². The Hall–Kier alpha value is -2.04. The van der Waals surface area contributed by atoms with Crippen molar-refractivity contribution in [2.75, 3.05) is 5.32 Å². The number of ether oxygens (including phenoxy) is 1. The monoisotopic (exact) mass is 365 g/mol. The molecule has 0 fully saturated rings. The van der Waals surface area contributed by atoms with Crippen molar-refractivity contribution in [3.8, 4) is 0 Å². The molecule has 0 aliphatic carbocycles. The number of halogens is 2. The van der Waals surface area contributed by atoms with Gasteiger partial charge < -0.3 is 10.1 Å². The molecule has 2 aromatic rings. The summed E-state index contributed by atoms with van der Waals surface area (Å²) >= 11 is 11.7. The van der Waals surface area contributed by atoms with Crippen LogP contribution >= 0.6 is 23.2 Å². The summed E-state index contributed by atoms with van der Waals surface area (Å²) in [4.78, 5) is 24.4. The van der Waals surface area contributed by atoms with Gasteiger partial charge in [-0.15, -0.1) is 0 Å². The number of nitrogens with one attached hydrogen (secondary N) is 1. The number of carbonyl (C=O) groups excluding carboxylic acids is 2. The van der Waals surface area contributed by atoms with E-state index in [4.69, 9.17) is 27.9 Å². The zero-order valence-corrected chi connectivity index (χ0v) is 15.0. The van der Waals surface area contributed by atoms with Crippen molar-refractivity contribution in [3.05, 3.63) is 63.1 Å². The smallest absolute Gasteiger partial charge is 0.338 e. The first-order valence-corrected chi connectivity index (χ1v) is 8.08. The first-order valence-electron chi connectivity index (χ1n) is 7.32. The number of benzene rings is 2. The van der Waals surface area contributed by atoms with E-state index in [-0.39, 0.29) is 10.6 Å². The van der Waals surface area contributed by atoms with Gasteiger partial charge in [0.25, 0.3) is 5.91 Å². The lowest BCUT2D eigenvalue weighted by Gasteiger charge is -2.16. The molecule has 0 saturated carbocycles. The predicted octanol–water partition coefficient (Wildman–Crippen LogP) is 4.79. The van der Waals surface area contributed by atoms with E-state index in [1.807, 2.05) is 32.0 Å². The summed E-state index contributed by atoms with van der Waals surface area (Å²) < 4.78 is 5.19. The highest BCUT2D eigenvalue weighted by atomic mass is 35.5. The van der Waals surface area contributed by atoms with Gasteiger partial charge in [-0.3, -0.25) is 4.79 Å². The number of para-hydroxylation sites is 1. The molecule has 6 heteroatoms. The summed E-state index contributed by atoms with van der Waals surface area (Å²) in [6, 6.07) is 10.1. The van der Waals surface area contributed by atoms with Crippen LogP contribution in [-0.2, 0) is 9.53 Å². The maximum atomic E-state index is 12.3. The second-order valence-electron chi connectivity index (χ2n) is 5.43. The summed E-state index contributed by atoms with van der Waals surface area (Å²) in [6.45, 7) is 5.31. The average Bonchev–Trinajstić information content (AvgIpc) is 2.53. The standard InChI is InChI=1S/C18H17Cl2NO3/c1-10-5-4-6-11(2)16(10)21-17(22)12(3)24-18(23)13-7-8-14(19)15(20)9-13/h4-9,12H,1-3H3,(H,21,22)/t12-/m1/s1. The first kappa shape index (κ1) is 18.3. The number of carbonyl (C=O) groups is 2. The SMILES string of the molecule is Cc1cccc(C)c1NC(=O)[C@@H](C)OC(=O)c1ccc(Cl)c(Cl)c1. The molecule has 1 N–H and O–H groups in total. The fourth-order valence-corrected chi connectivity index (χ4v) is 2.44. The zero-order valence-electron chi connectivity index (χ0n) is 13.5. The van der Waals surface area contributed by atoms with Crippen molar-refractivity contribution >= 4 is 40.8 Å². The Kier molecular flexibility index (Phi) is 5.86. The summed E-state index contributed by atoms with van der Waals surface area (Å²) in [5.74, 6) is -1.04. The predicted molar refractivity (Wildman–Crippen MR) is 95.9 cm³/mol. The molecule has 0 aliphatic heterocycles. The van der Waals surface area contributed by atoms with Crippen molar-refractivity contribution in [1.82, 2.24) is 0 Å². The molecule has 0 bridgehead atoms. The van der Waals surface area contributed by atoms with Gasteiger partial charge in [0, 0.05) is 5.69 Å². The molecule has 0 heterocycles. The van der Waals surface area contributed by atoms with E-state index in [2.05, 4.69) is 5.32 Å². The minimum atomic E-state index is -0.953. The number of rotatable bonds is 4. The fourth-order valence-electron chi connectivity index (χ4n) is 2.14. The molecule has 2 aromatic carbocycles. The van der Waals surface area contributed by atoms with Crippen LogP contribution in [0.4, 0.5) is 5.69 Å². The normalized spacial score (nSPS) is 11.7. The zero-order chi connectivity index (χ0) is 17.9. The topological polar surface area (TPSA) is 55.4 Å². The fraction of sp³-hybridized carbons (Fsp3) is 0.222. The number of esters is 1. The molecule has 0 unspecified atom stereocenters. The van der Waals surface area contributed by atoms with Crippen LogP contribution in [-0.4, -0.2) is 18.0 Å². The average molecular weight is 366 g/mol. The first-order chi connectivity index (χ1) is 11.3. The molecule has 0 spiro atoms. The second-order valence-corrected chi connectivity index (χ2v) is 6.25. The number of anilines is 1. The van der Waals surface area contributed by atoms with Crippen molar-refractivity contribution in [2.45, 2.75) is 26.9 Å². The lowest BCUT2D eigenvalue weighted by atomic mass is 10.1. The van der Waals surface area contributed by atoms with E-state index in [9.17, 15) is 9.59 Å². The van der Waals surface area contributed by atoms with E-state index in [0.29, 0.717) is 5.02 Å². The quantitative estimate of drug-likeness (QED) is 0.792. The van der Waals surface area contributed by atoms with Gasteiger partial charge in [-0.2, -0.15) is 0 Å². The number of amides is 1. The third-order valence-corrected chi connectivity index (χ3v) is 4.28. The van der Waals surface area contributed by atoms with E-state index >= 15 is 0 Å². The highest BCUT2D eigenvalue weighted by Crippen LogP contribution is 2.23. The Balaban J connectivity index is 2.05. The maximum Gasteiger partial charge on any atom is 0.338 e. The van der Waals surface area contributed by atoms with Crippen molar-refractivity contribution in [3.63, 3.8) is 0 Å². The maximum absolute atomic E-state index is 12.3. The molecule has 0 radical (unpaired) electrons. The molecule has 0 aliphatic rings. The Labute approximate surface area is 150 Å². The molecular formula is C18H17Cl2NO3. The van der Waals surface area contributed by atoms with Gasteiger partial charge in [0.1, 0.15) is 0 Å². The molecule has 1 atom stereocenters. The Morgan fingerprint density at radius 3 is 2.25 bits per heavy atom. The Bertz CT molecular complexity index is 770. The minimum absolute atomic E-state index is 0.233. The van der Waals surface area contributed by atoms with Crippen LogP contribution in [0.3, 0.4) is 0 Å². The van der Waals surface area contributed by atoms with Crippen LogP contribution in [0.2, 0.25) is 10.0 Å². The molecular weight excluding hydrogens is 349 g/mol. The summed E-state index contributed by atoms with van der Waals surface area (Å²) in [5.41, 5.74) is 2.83. The molecule has 0 saturated heterocycles. The molecule has 2 rings (SSSR count). The third kappa shape index (κ3) is 4.28. The van der Waals surface area contributed by atoms with E-state index < -0.39 is 18.0 Å². The van der Waals surface area contributed by atoms with Gasteiger partial charge >= 0.3 is 5.97 Å². The van der Waals surface area contributed by atoms with Crippen LogP contribution in [0.25, 0.3) is 0 Å². The second kappa shape index (κ2) is 7.69. The van der Waals surface area contributed by atoms with Gasteiger partial charge in [-0.1, -0.05) is 41.4 Å². The highest BCUT2D eigenvalue weighted by molar-refractivity contribution is 6.42. The highest BCUT2D eigenvalue weighted by Gasteiger charge is 2.20. The van der Waals surface area contributed by atoms with Crippen LogP contribution in [0.1, 0.15) is 28.4 Å². The molecule has 0 aromatic heterocycles. The Morgan fingerprint density at radius 2 is 1.67 bits per heavy atom. The van der Waals surface area contributed by atoms with E-state index in [1.54, 1.807) is 0 Å². The van der Waals surface area contributed by atoms with E-state index in [0.717, 1.165) is 16.8 Å². The minimum Gasteiger partial charge on any atom is -0.449 e.